The molecule has 0 radical (unpaired) electrons. The number of allylic oxidation sites excluding steroid dienone is 1. The third-order valence-electron chi connectivity index (χ3n) is 5.72. The van der Waals surface area contributed by atoms with Crippen LogP contribution in [0.25, 0.3) is 0 Å². The maximum Gasteiger partial charge on any atom is 0.0558 e. The standard InChI is InChI=1S/C14H23NO/c1-13(2)9-3-4-11(12(13)5-9)14(8-15)6-10(16)7-14/h4,9-10,12,16H,3,5-8,15H2,1-2H3. The number of hydrogen-bond acceptors (Lipinski definition) is 2. The van der Waals surface area contributed by atoms with Crippen molar-refractivity contribution in [3.8, 4) is 0 Å². The van der Waals surface area contributed by atoms with Gasteiger partial charge in [0, 0.05) is 12.0 Å². The van der Waals surface area contributed by atoms with Gasteiger partial charge >= 0.3 is 0 Å². The molecule has 4 aliphatic carbocycles. The lowest BCUT2D eigenvalue weighted by molar-refractivity contribution is -0.0614. The first-order chi connectivity index (χ1) is 7.49. The van der Waals surface area contributed by atoms with Gasteiger partial charge in [-0.1, -0.05) is 25.5 Å². The largest absolute Gasteiger partial charge is 0.393 e. The molecule has 0 saturated heterocycles. The highest BCUT2D eigenvalue weighted by atomic mass is 16.3. The Labute approximate surface area is 97.9 Å². The molecular weight excluding hydrogens is 198 g/mol. The number of hydrogen-bond donors (Lipinski definition) is 2. The Morgan fingerprint density at radius 3 is 2.56 bits per heavy atom. The van der Waals surface area contributed by atoms with E-state index in [1.165, 1.54) is 12.8 Å². The van der Waals surface area contributed by atoms with E-state index in [2.05, 4.69) is 19.9 Å². The molecule has 0 spiro atoms. The van der Waals surface area contributed by atoms with Gasteiger partial charge in [0.25, 0.3) is 0 Å². The van der Waals surface area contributed by atoms with E-state index in [4.69, 9.17) is 5.73 Å². The number of nitrogens with two attached hydrogens (primary N) is 1. The van der Waals surface area contributed by atoms with E-state index < -0.39 is 0 Å². The second kappa shape index (κ2) is 3.11. The number of rotatable bonds is 2. The second-order valence-electron chi connectivity index (χ2n) is 6.75. The number of aliphatic hydroxyl groups is 1. The first kappa shape index (κ1) is 10.8. The molecule has 2 bridgehead atoms. The van der Waals surface area contributed by atoms with Crippen LogP contribution in [0.1, 0.15) is 39.5 Å². The smallest absolute Gasteiger partial charge is 0.0558 e. The molecule has 2 atom stereocenters. The third-order valence-corrected chi connectivity index (χ3v) is 5.72. The highest BCUT2D eigenvalue weighted by molar-refractivity contribution is 5.32. The lowest BCUT2D eigenvalue weighted by Gasteiger charge is -2.62. The van der Waals surface area contributed by atoms with Crippen molar-refractivity contribution in [3.05, 3.63) is 11.6 Å². The minimum atomic E-state index is -0.106. The zero-order valence-electron chi connectivity index (χ0n) is 10.4. The normalized spacial score (nSPS) is 49.0. The summed E-state index contributed by atoms with van der Waals surface area (Å²) in [5.74, 6) is 1.63. The lowest BCUT2D eigenvalue weighted by atomic mass is 9.43. The maximum atomic E-state index is 9.59. The molecule has 0 amide bonds. The molecule has 2 fully saturated rings. The molecule has 3 N–H and O–H groups in total. The molecule has 16 heavy (non-hydrogen) atoms. The molecule has 0 heterocycles. The zero-order valence-corrected chi connectivity index (χ0v) is 10.4. The topological polar surface area (TPSA) is 46.2 Å². The van der Waals surface area contributed by atoms with Gasteiger partial charge in [-0.25, -0.2) is 0 Å². The van der Waals surface area contributed by atoms with Crippen LogP contribution in [0.5, 0.6) is 0 Å². The number of aliphatic hydroxyl groups excluding tert-OH is 1. The monoisotopic (exact) mass is 221 g/mol. The molecule has 0 aromatic carbocycles. The van der Waals surface area contributed by atoms with E-state index in [0.29, 0.717) is 12.0 Å². The molecule has 2 saturated carbocycles. The van der Waals surface area contributed by atoms with E-state index in [9.17, 15) is 5.11 Å². The Balaban J connectivity index is 1.88. The highest BCUT2D eigenvalue weighted by Crippen LogP contribution is 2.65. The third kappa shape index (κ3) is 1.15. The summed E-state index contributed by atoms with van der Waals surface area (Å²) in [6.07, 6.45) is 6.72. The molecule has 0 aliphatic heterocycles. The van der Waals surface area contributed by atoms with Crippen LogP contribution in [0, 0.1) is 22.7 Å². The van der Waals surface area contributed by atoms with Gasteiger partial charge in [-0.05, 0) is 42.9 Å². The summed E-state index contributed by atoms with van der Waals surface area (Å²) >= 11 is 0. The Morgan fingerprint density at radius 2 is 2.12 bits per heavy atom. The second-order valence-corrected chi connectivity index (χ2v) is 6.75. The summed E-state index contributed by atoms with van der Waals surface area (Å²) in [4.78, 5) is 0. The molecule has 4 rings (SSSR count). The summed E-state index contributed by atoms with van der Waals surface area (Å²) in [6, 6.07) is 0. The Morgan fingerprint density at radius 1 is 1.44 bits per heavy atom. The molecule has 90 valence electrons. The number of fused-ring (bicyclic) bond motifs is 1. The first-order valence-electron chi connectivity index (χ1n) is 6.58. The van der Waals surface area contributed by atoms with Crippen molar-refractivity contribution in [1.29, 1.82) is 0 Å². The predicted octanol–water partition coefficient (Wildman–Crippen LogP) is 2.08. The summed E-state index contributed by atoms with van der Waals surface area (Å²) in [6.45, 7) is 5.52. The fourth-order valence-electron chi connectivity index (χ4n) is 4.30. The van der Waals surface area contributed by atoms with Gasteiger partial charge in [0.15, 0.2) is 0 Å². The van der Waals surface area contributed by atoms with Gasteiger partial charge < -0.3 is 10.8 Å². The Hall–Kier alpha value is -0.340. The average Bonchev–Trinajstić information content (AvgIpc) is 2.24. The van der Waals surface area contributed by atoms with Crippen molar-refractivity contribution in [1.82, 2.24) is 0 Å². The predicted molar refractivity (Wildman–Crippen MR) is 64.8 cm³/mol. The summed E-state index contributed by atoms with van der Waals surface area (Å²) in [7, 11) is 0. The lowest BCUT2D eigenvalue weighted by Crippen LogP contribution is -2.56. The van der Waals surface area contributed by atoms with Gasteiger partial charge in [0.2, 0.25) is 0 Å². The minimum Gasteiger partial charge on any atom is -0.393 e. The van der Waals surface area contributed by atoms with Crippen LogP contribution in [0.3, 0.4) is 0 Å². The zero-order chi connectivity index (χ0) is 11.6. The van der Waals surface area contributed by atoms with Crippen LogP contribution < -0.4 is 5.73 Å². The minimum absolute atomic E-state index is 0.106. The summed E-state index contributed by atoms with van der Waals surface area (Å²) < 4.78 is 0. The summed E-state index contributed by atoms with van der Waals surface area (Å²) in [5.41, 5.74) is 8.21. The molecular formula is C14H23NO. The van der Waals surface area contributed by atoms with Crippen molar-refractivity contribution in [2.24, 2.45) is 28.4 Å². The van der Waals surface area contributed by atoms with Gasteiger partial charge in [-0.15, -0.1) is 0 Å². The van der Waals surface area contributed by atoms with Crippen LogP contribution in [-0.2, 0) is 0 Å². The van der Waals surface area contributed by atoms with Crippen LogP contribution in [0.15, 0.2) is 11.6 Å². The SMILES string of the molecule is CC1(C)C2CC=C(C3(CN)CC(O)C3)C1C2. The van der Waals surface area contributed by atoms with Crippen molar-refractivity contribution in [2.45, 2.75) is 45.6 Å². The highest BCUT2D eigenvalue weighted by Gasteiger charge is 2.57. The Bertz CT molecular complexity index is 339. The summed E-state index contributed by atoms with van der Waals surface area (Å²) in [5, 5.41) is 9.59. The van der Waals surface area contributed by atoms with E-state index in [-0.39, 0.29) is 11.5 Å². The fourth-order valence-corrected chi connectivity index (χ4v) is 4.30. The van der Waals surface area contributed by atoms with Crippen molar-refractivity contribution in [2.75, 3.05) is 6.54 Å². The van der Waals surface area contributed by atoms with Gasteiger partial charge in [-0.3, -0.25) is 0 Å². The van der Waals surface area contributed by atoms with E-state index in [1.54, 1.807) is 5.57 Å². The average molecular weight is 221 g/mol. The fraction of sp³-hybridized carbons (Fsp3) is 0.857. The van der Waals surface area contributed by atoms with E-state index in [0.717, 1.165) is 24.7 Å². The van der Waals surface area contributed by atoms with Crippen molar-refractivity contribution >= 4 is 0 Å². The molecule has 2 nitrogen and oxygen atoms in total. The van der Waals surface area contributed by atoms with Crippen molar-refractivity contribution in [3.63, 3.8) is 0 Å². The van der Waals surface area contributed by atoms with Gasteiger partial charge in [-0.2, -0.15) is 0 Å². The van der Waals surface area contributed by atoms with Crippen LogP contribution in [0.4, 0.5) is 0 Å². The molecule has 2 heteroatoms. The van der Waals surface area contributed by atoms with Crippen molar-refractivity contribution < 1.29 is 5.11 Å². The first-order valence-corrected chi connectivity index (χ1v) is 6.58. The quantitative estimate of drug-likeness (QED) is 0.701. The van der Waals surface area contributed by atoms with Gasteiger partial charge in [0.05, 0.1) is 6.10 Å². The molecule has 4 aliphatic rings. The van der Waals surface area contributed by atoms with Gasteiger partial charge in [0.1, 0.15) is 0 Å². The van der Waals surface area contributed by atoms with Crippen LogP contribution in [0.2, 0.25) is 0 Å². The maximum absolute atomic E-state index is 9.59. The van der Waals surface area contributed by atoms with E-state index in [1.807, 2.05) is 0 Å². The molecule has 0 aromatic rings. The Kier molecular flexibility index (Phi) is 2.10. The van der Waals surface area contributed by atoms with Crippen LogP contribution >= 0.6 is 0 Å². The molecule has 0 aromatic heterocycles. The van der Waals surface area contributed by atoms with E-state index >= 15 is 0 Å². The molecule has 2 unspecified atom stereocenters. The van der Waals surface area contributed by atoms with Crippen LogP contribution in [-0.4, -0.2) is 17.8 Å².